The van der Waals surface area contributed by atoms with Crippen LogP contribution in [0.4, 0.5) is 0 Å². The van der Waals surface area contributed by atoms with Crippen molar-refractivity contribution in [2.75, 3.05) is 13.7 Å². The first-order chi connectivity index (χ1) is 15.6. The maximum absolute atomic E-state index is 12.9. The highest BCUT2D eigenvalue weighted by molar-refractivity contribution is 5.94. The molecule has 0 bridgehead atoms. The molecule has 2 heterocycles. The maximum Gasteiger partial charge on any atom is 0.254 e. The van der Waals surface area contributed by atoms with Gasteiger partial charge < -0.3 is 15.0 Å². The van der Waals surface area contributed by atoms with E-state index in [0.717, 1.165) is 30.7 Å². The van der Waals surface area contributed by atoms with Crippen molar-refractivity contribution in [2.24, 2.45) is 5.92 Å². The van der Waals surface area contributed by atoms with Crippen LogP contribution in [0.15, 0.2) is 30.5 Å². The van der Waals surface area contributed by atoms with Crippen LogP contribution in [-0.2, 0) is 11.3 Å². The van der Waals surface area contributed by atoms with Crippen molar-refractivity contribution >= 4 is 11.8 Å². The van der Waals surface area contributed by atoms with E-state index in [2.05, 4.69) is 15.3 Å². The SMILES string of the molecule is COc1ccccc1CNC(=O)c1cnc([C@@H]2CCCN2C(=O)CC2CCCC2)nc1C. The van der Waals surface area contributed by atoms with E-state index in [1.165, 1.54) is 25.7 Å². The summed E-state index contributed by atoms with van der Waals surface area (Å²) in [6, 6.07) is 7.50. The number of amides is 2. The van der Waals surface area contributed by atoms with E-state index in [1.54, 1.807) is 13.3 Å². The van der Waals surface area contributed by atoms with Crippen LogP contribution >= 0.6 is 0 Å². The van der Waals surface area contributed by atoms with Crippen LogP contribution in [0.5, 0.6) is 5.75 Å². The Balaban J connectivity index is 1.41. The van der Waals surface area contributed by atoms with E-state index in [0.29, 0.717) is 36.0 Å². The summed E-state index contributed by atoms with van der Waals surface area (Å²) < 4.78 is 5.34. The van der Waals surface area contributed by atoms with Gasteiger partial charge in [0.05, 0.1) is 24.4 Å². The first-order valence-electron chi connectivity index (χ1n) is 11.6. The Hall–Kier alpha value is -2.96. The molecule has 0 spiro atoms. The molecule has 7 heteroatoms. The highest BCUT2D eigenvalue weighted by Crippen LogP contribution is 2.34. The van der Waals surface area contributed by atoms with Gasteiger partial charge >= 0.3 is 0 Å². The Morgan fingerprint density at radius 3 is 2.69 bits per heavy atom. The molecule has 1 aromatic heterocycles. The summed E-state index contributed by atoms with van der Waals surface area (Å²) in [5.74, 6) is 1.90. The standard InChI is InChI=1S/C25H32N4O3/c1-17-20(25(31)27-15-19-10-5-6-12-22(19)32-2)16-26-24(28-17)21-11-7-13-29(21)23(30)14-18-8-3-4-9-18/h5-6,10,12,16,18,21H,3-4,7-9,11,13-15H2,1-2H3,(H,27,31)/t21-/m0/s1. The van der Waals surface area contributed by atoms with Gasteiger partial charge in [-0.15, -0.1) is 0 Å². The van der Waals surface area contributed by atoms with Crippen LogP contribution in [0, 0.1) is 12.8 Å². The van der Waals surface area contributed by atoms with Gasteiger partial charge in [-0.3, -0.25) is 9.59 Å². The number of carbonyl (C=O) groups excluding carboxylic acids is 2. The number of rotatable bonds is 7. The molecule has 32 heavy (non-hydrogen) atoms. The zero-order chi connectivity index (χ0) is 22.5. The average molecular weight is 437 g/mol. The van der Waals surface area contributed by atoms with Crippen molar-refractivity contribution in [3.05, 3.63) is 53.1 Å². The van der Waals surface area contributed by atoms with Gasteiger partial charge in [-0.05, 0) is 44.6 Å². The van der Waals surface area contributed by atoms with Crippen molar-refractivity contribution in [3.8, 4) is 5.75 Å². The normalized spacial score (nSPS) is 18.7. The molecule has 1 saturated carbocycles. The van der Waals surface area contributed by atoms with E-state index in [1.807, 2.05) is 36.1 Å². The fraction of sp³-hybridized carbons (Fsp3) is 0.520. The summed E-state index contributed by atoms with van der Waals surface area (Å²) in [6.07, 6.45) is 8.87. The van der Waals surface area contributed by atoms with E-state index < -0.39 is 0 Å². The minimum absolute atomic E-state index is 0.0895. The van der Waals surface area contributed by atoms with Gasteiger partial charge in [-0.2, -0.15) is 0 Å². The van der Waals surface area contributed by atoms with Gasteiger partial charge in [0, 0.05) is 31.3 Å². The lowest BCUT2D eigenvalue weighted by atomic mass is 10.0. The van der Waals surface area contributed by atoms with Crippen molar-refractivity contribution in [3.63, 3.8) is 0 Å². The molecular weight excluding hydrogens is 404 g/mol. The third-order valence-electron chi connectivity index (χ3n) is 6.68. The first kappa shape index (κ1) is 22.2. The van der Waals surface area contributed by atoms with Crippen molar-refractivity contribution in [1.29, 1.82) is 0 Å². The summed E-state index contributed by atoms with van der Waals surface area (Å²) in [4.78, 5) is 36.8. The molecule has 1 aliphatic heterocycles. The third-order valence-corrected chi connectivity index (χ3v) is 6.68. The summed E-state index contributed by atoms with van der Waals surface area (Å²) in [6.45, 7) is 2.94. The number of ether oxygens (including phenoxy) is 1. The van der Waals surface area contributed by atoms with Gasteiger partial charge in [0.25, 0.3) is 5.91 Å². The molecule has 0 unspecified atom stereocenters. The smallest absolute Gasteiger partial charge is 0.254 e. The Bertz CT molecular complexity index is 971. The second kappa shape index (κ2) is 10.1. The molecule has 0 radical (unpaired) electrons. The van der Waals surface area contributed by atoms with Crippen LogP contribution in [0.1, 0.15) is 78.4 Å². The summed E-state index contributed by atoms with van der Waals surface area (Å²) >= 11 is 0. The predicted octanol–water partition coefficient (Wildman–Crippen LogP) is 3.97. The highest BCUT2D eigenvalue weighted by atomic mass is 16.5. The largest absolute Gasteiger partial charge is 0.496 e. The molecular formula is C25H32N4O3. The van der Waals surface area contributed by atoms with E-state index in [9.17, 15) is 9.59 Å². The Morgan fingerprint density at radius 1 is 1.16 bits per heavy atom. The summed E-state index contributed by atoms with van der Waals surface area (Å²) in [5.41, 5.74) is 1.98. The quantitative estimate of drug-likeness (QED) is 0.710. The molecule has 4 rings (SSSR count). The van der Waals surface area contributed by atoms with E-state index in [4.69, 9.17) is 4.74 Å². The molecule has 2 aromatic rings. The lowest BCUT2D eigenvalue weighted by Gasteiger charge is -2.25. The van der Waals surface area contributed by atoms with Gasteiger partial charge in [0.1, 0.15) is 5.75 Å². The third kappa shape index (κ3) is 4.92. The van der Waals surface area contributed by atoms with Crippen molar-refractivity contribution in [2.45, 2.75) is 64.5 Å². The van der Waals surface area contributed by atoms with Gasteiger partial charge in [0.15, 0.2) is 5.82 Å². The second-order valence-corrected chi connectivity index (χ2v) is 8.82. The van der Waals surface area contributed by atoms with Crippen LogP contribution in [0.2, 0.25) is 0 Å². The number of benzene rings is 1. The number of carbonyl (C=O) groups is 2. The minimum Gasteiger partial charge on any atom is -0.496 e. The molecule has 2 amide bonds. The molecule has 2 aliphatic rings. The lowest BCUT2D eigenvalue weighted by Crippen LogP contribution is -2.33. The number of hydrogen-bond acceptors (Lipinski definition) is 5. The number of aryl methyl sites for hydroxylation is 1. The van der Waals surface area contributed by atoms with Crippen LogP contribution in [0.25, 0.3) is 0 Å². The van der Waals surface area contributed by atoms with Gasteiger partial charge in [0.2, 0.25) is 5.91 Å². The minimum atomic E-state index is -0.222. The molecule has 1 N–H and O–H groups in total. The fourth-order valence-electron chi connectivity index (χ4n) is 4.90. The fourth-order valence-corrected chi connectivity index (χ4v) is 4.90. The number of nitrogens with zero attached hydrogens (tertiary/aromatic N) is 3. The molecule has 1 aliphatic carbocycles. The van der Waals surface area contributed by atoms with Crippen LogP contribution in [-0.4, -0.2) is 40.3 Å². The Kier molecular flexibility index (Phi) is 7.02. The molecule has 1 aromatic carbocycles. The Labute approximate surface area is 189 Å². The zero-order valence-corrected chi connectivity index (χ0v) is 19.0. The summed E-state index contributed by atoms with van der Waals surface area (Å²) in [5, 5.41) is 2.92. The number of nitrogens with one attached hydrogen (secondary N) is 1. The van der Waals surface area contributed by atoms with Crippen LogP contribution < -0.4 is 10.1 Å². The highest BCUT2D eigenvalue weighted by Gasteiger charge is 2.33. The number of methoxy groups -OCH3 is 1. The summed E-state index contributed by atoms with van der Waals surface area (Å²) in [7, 11) is 1.61. The Morgan fingerprint density at radius 2 is 1.94 bits per heavy atom. The zero-order valence-electron chi connectivity index (χ0n) is 19.0. The maximum atomic E-state index is 12.9. The van der Waals surface area contributed by atoms with E-state index in [-0.39, 0.29) is 17.9 Å². The average Bonchev–Trinajstić information content (AvgIpc) is 3.49. The molecule has 1 saturated heterocycles. The second-order valence-electron chi connectivity index (χ2n) is 8.82. The predicted molar refractivity (Wildman–Crippen MR) is 121 cm³/mol. The number of para-hydroxylation sites is 1. The molecule has 170 valence electrons. The lowest BCUT2D eigenvalue weighted by molar-refractivity contribution is -0.133. The van der Waals surface area contributed by atoms with Crippen LogP contribution in [0.3, 0.4) is 0 Å². The van der Waals surface area contributed by atoms with Crippen molar-refractivity contribution in [1.82, 2.24) is 20.2 Å². The molecule has 2 fully saturated rings. The van der Waals surface area contributed by atoms with Gasteiger partial charge in [-0.25, -0.2) is 9.97 Å². The topological polar surface area (TPSA) is 84.4 Å². The number of likely N-dealkylation sites (tertiary alicyclic amines) is 1. The first-order valence-corrected chi connectivity index (χ1v) is 11.6. The number of hydrogen-bond donors (Lipinski definition) is 1. The van der Waals surface area contributed by atoms with E-state index >= 15 is 0 Å². The van der Waals surface area contributed by atoms with Crippen molar-refractivity contribution < 1.29 is 14.3 Å². The number of aromatic nitrogens is 2. The van der Waals surface area contributed by atoms with Gasteiger partial charge in [-0.1, -0.05) is 31.0 Å². The monoisotopic (exact) mass is 436 g/mol. The molecule has 1 atom stereocenters. The molecule has 7 nitrogen and oxygen atoms in total.